The van der Waals surface area contributed by atoms with E-state index in [0.717, 1.165) is 21.4 Å². The molecule has 5 rings (SSSR count). The molecule has 3 heterocycles. The monoisotopic (exact) mass is 440 g/mol. The zero-order valence-electron chi connectivity index (χ0n) is 18.0. The molecule has 0 saturated carbocycles. The lowest BCUT2D eigenvalue weighted by molar-refractivity contribution is -0.117. The van der Waals surface area contributed by atoms with E-state index in [1.807, 2.05) is 56.3 Å². The summed E-state index contributed by atoms with van der Waals surface area (Å²) in [6.45, 7) is 3.69. The Bertz CT molecular complexity index is 1550. The summed E-state index contributed by atoms with van der Waals surface area (Å²) in [5.41, 5.74) is 3.97. The number of nitrogens with one attached hydrogen (secondary N) is 1. The molecule has 0 saturated heterocycles. The number of nitrogens with zero attached hydrogens (tertiary/aromatic N) is 5. The Labute approximate surface area is 188 Å². The number of pyridine rings is 1. The van der Waals surface area contributed by atoms with Crippen LogP contribution < -0.4 is 11.0 Å². The van der Waals surface area contributed by atoms with Crippen molar-refractivity contribution in [2.75, 3.05) is 5.32 Å². The molecule has 3 aromatic heterocycles. The van der Waals surface area contributed by atoms with Gasteiger partial charge in [0.2, 0.25) is 11.7 Å². The third-order valence-corrected chi connectivity index (χ3v) is 5.14. The molecule has 0 spiro atoms. The van der Waals surface area contributed by atoms with Gasteiger partial charge in [-0.05, 0) is 49.7 Å². The molecule has 1 amide bonds. The van der Waals surface area contributed by atoms with E-state index in [9.17, 15) is 9.59 Å². The summed E-state index contributed by atoms with van der Waals surface area (Å²) in [5.74, 6) is 0.320. The molecule has 33 heavy (non-hydrogen) atoms. The highest BCUT2D eigenvalue weighted by atomic mass is 16.5. The molecule has 164 valence electrons. The molecule has 9 heteroatoms. The lowest BCUT2D eigenvalue weighted by atomic mass is 10.1. The maximum Gasteiger partial charge on any atom is 0.350 e. The fraction of sp³-hybridized carbons (Fsp3) is 0.125. The molecule has 5 aromatic rings. The SMILES string of the molecule is Cc1cccc(NC(=O)Cn2nc3c(-c4nc(-c5cccc(C)c5)no4)cccn3c2=O)c1. The molecular formula is C24H20N6O3. The number of anilines is 1. The predicted molar refractivity (Wildman–Crippen MR) is 123 cm³/mol. The fourth-order valence-electron chi connectivity index (χ4n) is 3.60. The second-order valence-corrected chi connectivity index (χ2v) is 7.77. The zero-order chi connectivity index (χ0) is 22.9. The van der Waals surface area contributed by atoms with Crippen LogP contribution in [0.2, 0.25) is 0 Å². The quantitative estimate of drug-likeness (QED) is 0.448. The summed E-state index contributed by atoms with van der Waals surface area (Å²) in [6.07, 6.45) is 1.58. The molecule has 0 unspecified atom stereocenters. The standard InChI is InChI=1S/C24H20N6O3/c1-15-6-3-8-17(12-15)21-26-23(33-28-21)19-10-5-11-29-22(19)27-30(24(29)32)14-20(31)25-18-9-4-7-16(2)13-18/h3-13H,14H2,1-2H3,(H,25,31). The number of carbonyl (C=O) groups is 1. The van der Waals surface area contributed by atoms with Crippen molar-refractivity contribution in [3.63, 3.8) is 0 Å². The summed E-state index contributed by atoms with van der Waals surface area (Å²) < 4.78 is 7.93. The van der Waals surface area contributed by atoms with Gasteiger partial charge in [-0.25, -0.2) is 13.9 Å². The number of hydrogen-bond donors (Lipinski definition) is 1. The van der Waals surface area contributed by atoms with Gasteiger partial charge in [0.15, 0.2) is 5.65 Å². The van der Waals surface area contributed by atoms with E-state index in [4.69, 9.17) is 4.52 Å². The molecular weight excluding hydrogens is 420 g/mol. The first-order valence-corrected chi connectivity index (χ1v) is 10.3. The number of fused-ring (bicyclic) bond motifs is 1. The molecule has 0 fully saturated rings. The summed E-state index contributed by atoms with van der Waals surface area (Å²) in [6, 6.07) is 18.6. The van der Waals surface area contributed by atoms with Crippen LogP contribution in [0.25, 0.3) is 28.5 Å². The van der Waals surface area contributed by atoms with Crippen molar-refractivity contribution < 1.29 is 9.32 Å². The second-order valence-electron chi connectivity index (χ2n) is 7.77. The predicted octanol–water partition coefficient (Wildman–Crippen LogP) is 3.47. The van der Waals surface area contributed by atoms with Gasteiger partial charge in [0.05, 0.1) is 5.56 Å². The molecule has 0 atom stereocenters. The van der Waals surface area contributed by atoms with Crippen molar-refractivity contribution in [1.29, 1.82) is 0 Å². The Balaban J connectivity index is 1.46. The van der Waals surface area contributed by atoms with Crippen LogP contribution in [0.4, 0.5) is 5.69 Å². The smallest absolute Gasteiger partial charge is 0.333 e. The van der Waals surface area contributed by atoms with E-state index in [0.29, 0.717) is 22.7 Å². The van der Waals surface area contributed by atoms with Gasteiger partial charge in [-0.15, -0.1) is 5.10 Å². The van der Waals surface area contributed by atoms with Crippen LogP contribution in [0, 0.1) is 13.8 Å². The second kappa shape index (κ2) is 8.19. The summed E-state index contributed by atoms with van der Waals surface area (Å²) >= 11 is 0. The van der Waals surface area contributed by atoms with Crippen LogP contribution in [0.15, 0.2) is 76.2 Å². The van der Waals surface area contributed by atoms with Gasteiger partial charge in [0.25, 0.3) is 5.89 Å². The number of aryl methyl sites for hydroxylation is 2. The van der Waals surface area contributed by atoms with E-state index in [-0.39, 0.29) is 18.3 Å². The van der Waals surface area contributed by atoms with Crippen LogP contribution in [0.1, 0.15) is 11.1 Å². The normalized spacial score (nSPS) is 11.1. The van der Waals surface area contributed by atoms with Gasteiger partial charge in [0, 0.05) is 17.4 Å². The number of aromatic nitrogens is 5. The Morgan fingerprint density at radius 1 is 1.03 bits per heavy atom. The summed E-state index contributed by atoms with van der Waals surface area (Å²) in [4.78, 5) is 29.8. The van der Waals surface area contributed by atoms with Crippen LogP contribution >= 0.6 is 0 Å². The Kier molecular flexibility index (Phi) is 5.06. The lowest BCUT2D eigenvalue weighted by Gasteiger charge is -2.05. The van der Waals surface area contributed by atoms with Gasteiger partial charge < -0.3 is 9.84 Å². The number of benzene rings is 2. The number of carbonyl (C=O) groups excluding carboxylic acids is 1. The highest BCUT2D eigenvalue weighted by molar-refractivity contribution is 5.90. The fourth-order valence-corrected chi connectivity index (χ4v) is 3.60. The van der Waals surface area contributed by atoms with Crippen molar-refractivity contribution in [3.8, 4) is 22.8 Å². The molecule has 0 bridgehead atoms. The summed E-state index contributed by atoms with van der Waals surface area (Å²) in [5, 5.41) is 11.2. The lowest BCUT2D eigenvalue weighted by Crippen LogP contribution is -2.28. The van der Waals surface area contributed by atoms with E-state index in [1.165, 1.54) is 4.40 Å². The van der Waals surface area contributed by atoms with Crippen LogP contribution in [0.3, 0.4) is 0 Å². The van der Waals surface area contributed by atoms with Crippen LogP contribution in [-0.4, -0.2) is 30.2 Å². The van der Waals surface area contributed by atoms with Crippen molar-refractivity contribution in [1.82, 2.24) is 24.3 Å². The number of amides is 1. The van der Waals surface area contributed by atoms with Crippen LogP contribution in [-0.2, 0) is 11.3 Å². The molecule has 0 aliphatic carbocycles. The average molecular weight is 440 g/mol. The Hall–Kier alpha value is -4.53. The van der Waals surface area contributed by atoms with Crippen molar-refractivity contribution in [2.24, 2.45) is 0 Å². The molecule has 9 nitrogen and oxygen atoms in total. The molecule has 0 aliphatic heterocycles. The molecule has 1 N–H and O–H groups in total. The minimum atomic E-state index is -0.440. The van der Waals surface area contributed by atoms with Gasteiger partial charge >= 0.3 is 5.69 Å². The summed E-state index contributed by atoms with van der Waals surface area (Å²) in [7, 11) is 0. The zero-order valence-corrected chi connectivity index (χ0v) is 18.0. The van der Waals surface area contributed by atoms with E-state index >= 15 is 0 Å². The highest BCUT2D eigenvalue weighted by Gasteiger charge is 2.18. The Morgan fingerprint density at radius 3 is 2.61 bits per heavy atom. The number of hydrogen-bond acceptors (Lipinski definition) is 6. The third-order valence-electron chi connectivity index (χ3n) is 5.14. The maximum atomic E-state index is 12.8. The van der Waals surface area contributed by atoms with E-state index in [1.54, 1.807) is 24.4 Å². The van der Waals surface area contributed by atoms with Crippen molar-refractivity contribution in [3.05, 3.63) is 88.5 Å². The van der Waals surface area contributed by atoms with Gasteiger partial charge in [-0.1, -0.05) is 41.1 Å². The van der Waals surface area contributed by atoms with Gasteiger partial charge in [-0.3, -0.25) is 4.79 Å². The van der Waals surface area contributed by atoms with Gasteiger partial charge in [-0.2, -0.15) is 4.98 Å². The number of rotatable bonds is 5. The van der Waals surface area contributed by atoms with Gasteiger partial charge in [0.1, 0.15) is 6.54 Å². The van der Waals surface area contributed by atoms with Crippen LogP contribution in [0.5, 0.6) is 0 Å². The van der Waals surface area contributed by atoms with Crippen molar-refractivity contribution in [2.45, 2.75) is 20.4 Å². The van der Waals surface area contributed by atoms with E-state index < -0.39 is 5.69 Å². The first-order valence-electron chi connectivity index (χ1n) is 10.3. The topological polar surface area (TPSA) is 107 Å². The molecule has 0 radical (unpaired) electrons. The molecule has 0 aliphatic rings. The van der Waals surface area contributed by atoms with Crippen molar-refractivity contribution >= 4 is 17.2 Å². The minimum absolute atomic E-state index is 0.230. The Morgan fingerprint density at radius 2 is 1.82 bits per heavy atom. The first-order chi connectivity index (χ1) is 16.0. The maximum absolute atomic E-state index is 12.8. The highest BCUT2D eigenvalue weighted by Crippen LogP contribution is 2.25. The molecule has 2 aromatic carbocycles. The largest absolute Gasteiger partial charge is 0.350 e. The first kappa shape index (κ1) is 20.4. The van der Waals surface area contributed by atoms with E-state index in [2.05, 4.69) is 20.6 Å². The minimum Gasteiger partial charge on any atom is -0.333 e. The average Bonchev–Trinajstić information content (AvgIpc) is 3.39. The third kappa shape index (κ3) is 4.03.